The maximum Gasteiger partial charge on any atom is 0.335 e. The monoisotopic (exact) mass is 741 g/mol. The molecular weight excluding hydrogens is 660 g/mol. The van der Waals surface area contributed by atoms with Gasteiger partial charge in [-0.15, -0.1) is 0 Å². The molecule has 0 saturated heterocycles. The number of carboxylic acid groups (broad SMARTS) is 2. The summed E-state index contributed by atoms with van der Waals surface area (Å²) in [7, 11) is 4.85. The third-order valence-electron chi connectivity index (χ3n) is 9.14. The van der Waals surface area contributed by atoms with Gasteiger partial charge in [-0.05, 0) is 62.3 Å². The number of hydrogen-bond donors (Lipinski definition) is 5. The summed E-state index contributed by atoms with van der Waals surface area (Å²) in [6.07, 6.45) is 32.1. The van der Waals surface area contributed by atoms with E-state index in [2.05, 4.69) is 47.1 Å². The van der Waals surface area contributed by atoms with Gasteiger partial charge in [-0.1, -0.05) is 143 Å². The van der Waals surface area contributed by atoms with Gasteiger partial charge in [-0.25, -0.2) is 9.59 Å². The normalized spacial score (nSPS) is 10.7. The van der Waals surface area contributed by atoms with Crippen LogP contribution in [0.4, 0.5) is 0 Å². The van der Waals surface area contributed by atoms with Gasteiger partial charge >= 0.3 is 11.9 Å². The van der Waals surface area contributed by atoms with Crippen LogP contribution in [0.5, 0.6) is 0 Å². The zero-order valence-corrected chi connectivity index (χ0v) is 34.6. The van der Waals surface area contributed by atoms with Gasteiger partial charge in [-0.2, -0.15) is 0 Å². The summed E-state index contributed by atoms with van der Waals surface area (Å²) in [6, 6.07) is 5.02. The summed E-state index contributed by atoms with van der Waals surface area (Å²) in [5.74, 6) is -1.15. The Labute approximate surface area is 320 Å². The average molecular weight is 742 g/mol. The van der Waals surface area contributed by atoms with Crippen LogP contribution in [0.3, 0.4) is 0 Å². The molecule has 0 spiro atoms. The van der Waals surface area contributed by atoms with Crippen molar-refractivity contribution in [3.05, 3.63) is 35.4 Å². The Bertz CT molecular complexity index is 908. The maximum absolute atomic E-state index is 10.3. The van der Waals surface area contributed by atoms with Gasteiger partial charge < -0.3 is 38.2 Å². The molecule has 6 N–H and O–H groups in total. The number of nitrogens with two attached hydrogens (primary N) is 1. The molecule has 0 unspecified atom stereocenters. The van der Waals surface area contributed by atoms with E-state index in [4.69, 9.17) is 21.4 Å². The van der Waals surface area contributed by atoms with Gasteiger partial charge in [0.25, 0.3) is 0 Å². The number of benzene rings is 1. The lowest BCUT2D eigenvalue weighted by Crippen LogP contribution is -3.00. The van der Waals surface area contributed by atoms with Crippen LogP contribution in [-0.4, -0.2) is 66.3 Å². The van der Waals surface area contributed by atoms with Crippen molar-refractivity contribution in [1.82, 2.24) is 5.32 Å². The first-order valence-corrected chi connectivity index (χ1v) is 20.3. The molecule has 0 aliphatic rings. The number of halogens is 1. The lowest BCUT2D eigenvalue weighted by atomic mass is 10.0. The smallest absolute Gasteiger partial charge is 0.335 e. The Morgan fingerprint density at radius 3 is 1.25 bits per heavy atom. The largest absolute Gasteiger partial charge is 1.00 e. The van der Waals surface area contributed by atoms with Gasteiger partial charge in [-0.3, -0.25) is 5.41 Å². The predicted molar refractivity (Wildman–Crippen MR) is 214 cm³/mol. The van der Waals surface area contributed by atoms with Crippen molar-refractivity contribution in [3.63, 3.8) is 0 Å². The lowest BCUT2D eigenvalue weighted by Gasteiger charge is -2.30. The Kier molecular flexibility index (Phi) is 38.9. The van der Waals surface area contributed by atoms with Gasteiger partial charge in [0.2, 0.25) is 0 Å². The van der Waals surface area contributed by atoms with Gasteiger partial charge in [0.1, 0.15) is 0 Å². The first-order chi connectivity index (χ1) is 23.9. The molecular formula is C42H81ClN4O4. The first kappa shape index (κ1) is 53.0. The van der Waals surface area contributed by atoms with E-state index in [1.807, 2.05) is 0 Å². The first-order valence-electron chi connectivity index (χ1n) is 20.3. The molecule has 9 heteroatoms. The summed E-state index contributed by atoms with van der Waals surface area (Å²) >= 11 is 0. The fraction of sp³-hybridized carbons (Fsp3) is 0.786. The molecule has 0 atom stereocenters. The molecule has 0 radical (unpaired) electrons. The molecule has 0 amide bonds. The van der Waals surface area contributed by atoms with E-state index in [-0.39, 0.29) is 29.5 Å². The number of rotatable bonds is 29. The predicted octanol–water partition coefficient (Wildman–Crippen LogP) is 8.29. The van der Waals surface area contributed by atoms with E-state index in [0.29, 0.717) is 0 Å². The SMILES string of the molecule is CCCCCCCCCCCCNC(=N)N.CCCCCCCCCC[N+](C)(C)CCCCCCC(C)C.O=C(O)c1ccc(C(=O)O)cc1.[Cl-]. The van der Waals surface area contributed by atoms with Crippen molar-refractivity contribution in [1.29, 1.82) is 5.41 Å². The van der Waals surface area contributed by atoms with Gasteiger partial charge in [0, 0.05) is 6.54 Å². The second-order valence-electron chi connectivity index (χ2n) is 15.2. The molecule has 51 heavy (non-hydrogen) atoms. The summed E-state index contributed by atoms with van der Waals surface area (Å²) in [5.41, 5.74) is 5.35. The maximum atomic E-state index is 10.3. The Hall–Kier alpha value is -2.32. The Morgan fingerprint density at radius 1 is 0.627 bits per heavy atom. The number of nitrogens with zero attached hydrogens (tertiary/aromatic N) is 1. The van der Waals surface area contributed by atoms with Gasteiger partial charge in [0.05, 0.1) is 38.3 Å². The molecule has 1 aromatic carbocycles. The van der Waals surface area contributed by atoms with E-state index in [0.717, 1.165) is 18.9 Å². The fourth-order valence-corrected chi connectivity index (χ4v) is 5.82. The minimum Gasteiger partial charge on any atom is -1.00 e. The number of guanidine groups is 1. The van der Waals surface area contributed by atoms with Crippen molar-refractivity contribution in [2.45, 2.75) is 175 Å². The highest BCUT2D eigenvalue weighted by molar-refractivity contribution is 5.91. The molecule has 300 valence electrons. The van der Waals surface area contributed by atoms with Crippen LogP contribution in [0.2, 0.25) is 0 Å². The molecule has 0 heterocycles. The number of carboxylic acids is 2. The highest BCUT2D eigenvalue weighted by Crippen LogP contribution is 2.14. The van der Waals surface area contributed by atoms with Gasteiger partial charge in [0.15, 0.2) is 5.96 Å². The Morgan fingerprint density at radius 2 is 0.941 bits per heavy atom. The highest BCUT2D eigenvalue weighted by atomic mass is 35.5. The molecule has 8 nitrogen and oxygen atoms in total. The second-order valence-corrected chi connectivity index (χ2v) is 15.2. The number of nitrogens with one attached hydrogen (secondary N) is 2. The van der Waals surface area contributed by atoms with Crippen LogP contribution >= 0.6 is 0 Å². The van der Waals surface area contributed by atoms with E-state index in [9.17, 15) is 9.59 Å². The number of carbonyl (C=O) groups is 2. The summed E-state index contributed by atoms with van der Waals surface area (Å²) in [4.78, 5) is 20.7. The second kappa shape index (κ2) is 37.4. The highest BCUT2D eigenvalue weighted by Gasteiger charge is 2.13. The molecule has 0 aromatic heterocycles. The zero-order chi connectivity index (χ0) is 37.9. The topological polar surface area (TPSA) is 136 Å². The van der Waals surface area contributed by atoms with Crippen LogP contribution in [0.15, 0.2) is 24.3 Å². The molecule has 0 aliphatic carbocycles. The number of hydrogen-bond acceptors (Lipinski definition) is 3. The van der Waals surface area contributed by atoms with Crippen LogP contribution in [0, 0.1) is 11.3 Å². The van der Waals surface area contributed by atoms with Crippen LogP contribution in [0.25, 0.3) is 0 Å². The van der Waals surface area contributed by atoms with E-state index in [1.54, 1.807) is 0 Å². The van der Waals surface area contributed by atoms with Crippen molar-refractivity contribution in [3.8, 4) is 0 Å². The zero-order valence-electron chi connectivity index (χ0n) is 33.9. The third kappa shape index (κ3) is 40.3. The minimum atomic E-state index is -1.06. The standard InChI is InChI=1S/C21H46N.C13H29N3.C8H6O4.ClH/c1-6-7-8-9-10-11-13-16-19-22(4,5)20-17-14-12-15-18-21(2)3;1-2-3-4-5-6-7-8-9-10-11-12-16-13(14)15;9-7(10)5-1-2-6(4-3-5)8(11)12;/h21H,6-20H2,1-5H3;2-12H2,1H3,(H4,14,15,16);1-4H,(H,9,10)(H,11,12);1H/q+1;;;/p-1. The molecule has 1 rings (SSSR count). The van der Waals surface area contributed by atoms with E-state index >= 15 is 0 Å². The fourth-order valence-electron chi connectivity index (χ4n) is 5.82. The average Bonchev–Trinajstić information content (AvgIpc) is 3.06. The molecule has 1 aromatic rings. The number of aromatic carboxylic acids is 2. The molecule has 0 fully saturated rings. The number of unbranched alkanes of at least 4 members (excludes halogenated alkanes) is 19. The van der Waals surface area contributed by atoms with Crippen molar-refractivity contribution in [2.75, 3.05) is 33.7 Å². The van der Waals surface area contributed by atoms with Crippen molar-refractivity contribution in [2.24, 2.45) is 11.7 Å². The molecule has 0 bridgehead atoms. The van der Waals surface area contributed by atoms with Crippen molar-refractivity contribution < 1.29 is 36.7 Å². The third-order valence-corrected chi connectivity index (χ3v) is 9.14. The Balaban J connectivity index is -0.000000701. The number of quaternary nitrogens is 1. The molecule has 0 aliphatic heterocycles. The summed E-state index contributed by atoms with van der Waals surface area (Å²) in [5, 5.41) is 26.8. The molecule has 0 saturated carbocycles. The van der Waals surface area contributed by atoms with E-state index < -0.39 is 11.9 Å². The van der Waals surface area contributed by atoms with Crippen LogP contribution < -0.4 is 23.5 Å². The minimum absolute atomic E-state index is 0. The van der Waals surface area contributed by atoms with Crippen LogP contribution in [0.1, 0.15) is 196 Å². The summed E-state index contributed by atoms with van der Waals surface area (Å²) in [6.45, 7) is 12.8. The van der Waals surface area contributed by atoms with Crippen molar-refractivity contribution >= 4 is 17.9 Å². The lowest BCUT2D eigenvalue weighted by molar-refractivity contribution is -0.890. The van der Waals surface area contributed by atoms with Crippen LogP contribution in [-0.2, 0) is 0 Å². The quantitative estimate of drug-likeness (QED) is 0.0243. The van der Waals surface area contributed by atoms with E-state index in [1.165, 1.54) is 183 Å². The summed E-state index contributed by atoms with van der Waals surface area (Å²) < 4.78 is 1.24.